The molecule has 0 saturated carbocycles. The van der Waals surface area contributed by atoms with E-state index >= 15 is 0 Å². The van der Waals surface area contributed by atoms with Crippen molar-refractivity contribution in [1.29, 1.82) is 0 Å². The largest absolute Gasteiger partial charge is 0.492 e. The summed E-state index contributed by atoms with van der Waals surface area (Å²) < 4.78 is 11.8. The van der Waals surface area contributed by atoms with E-state index in [-0.39, 0.29) is 6.10 Å². The number of halogens is 2. The molecule has 1 atom stereocenters. The predicted octanol–water partition coefficient (Wildman–Crippen LogP) is 5.75. The summed E-state index contributed by atoms with van der Waals surface area (Å²) in [6, 6.07) is 14.8. The molecule has 1 unspecified atom stereocenters. The third kappa shape index (κ3) is 4.71. The number of hydrogen-bond donors (Lipinski definition) is 1. The molecule has 3 aromatic rings. The lowest BCUT2D eigenvalue weighted by molar-refractivity contribution is 0.195. The summed E-state index contributed by atoms with van der Waals surface area (Å²) in [5.74, 6) is 1.82. The normalized spacial score (nSPS) is 12.1. The molecule has 4 nitrogen and oxygen atoms in total. The molecule has 0 fully saturated rings. The van der Waals surface area contributed by atoms with Gasteiger partial charge in [-0.15, -0.1) is 0 Å². The first-order chi connectivity index (χ1) is 12.5. The van der Waals surface area contributed by atoms with Crippen molar-refractivity contribution in [2.45, 2.75) is 25.9 Å². The molecule has 6 heteroatoms. The van der Waals surface area contributed by atoms with E-state index in [4.69, 9.17) is 38.4 Å². The molecule has 1 aromatic heterocycles. The Morgan fingerprint density at radius 1 is 1.08 bits per heavy atom. The van der Waals surface area contributed by atoms with Crippen molar-refractivity contribution in [1.82, 2.24) is 4.98 Å². The maximum atomic E-state index is 6.09. The average Bonchev–Trinajstić information content (AvgIpc) is 2.62. The lowest BCUT2D eigenvalue weighted by atomic mass is 10.2. The summed E-state index contributed by atoms with van der Waals surface area (Å²) in [6.07, 6.45) is 1.67. The van der Waals surface area contributed by atoms with E-state index in [9.17, 15) is 0 Å². The summed E-state index contributed by atoms with van der Waals surface area (Å²) >= 11 is 12.0. The molecule has 0 aliphatic carbocycles. The number of ether oxygens (including phenoxy) is 2. The van der Waals surface area contributed by atoms with Gasteiger partial charge in [-0.05, 0) is 50.1 Å². The van der Waals surface area contributed by atoms with Gasteiger partial charge in [0, 0.05) is 16.5 Å². The van der Waals surface area contributed by atoms with Gasteiger partial charge in [0.2, 0.25) is 0 Å². The summed E-state index contributed by atoms with van der Waals surface area (Å²) in [4.78, 5) is 4.38. The van der Waals surface area contributed by atoms with Gasteiger partial charge < -0.3 is 15.2 Å². The van der Waals surface area contributed by atoms with Crippen LogP contribution in [0.15, 0.2) is 48.5 Å². The predicted molar refractivity (Wildman–Crippen MR) is 107 cm³/mol. The van der Waals surface area contributed by atoms with Crippen molar-refractivity contribution in [3.8, 4) is 11.5 Å². The number of nitrogens with zero attached hydrogens (tertiary/aromatic N) is 1. The number of pyridine rings is 1. The third-order valence-electron chi connectivity index (χ3n) is 3.94. The van der Waals surface area contributed by atoms with Crippen LogP contribution in [0, 0.1) is 0 Å². The van der Waals surface area contributed by atoms with Crippen molar-refractivity contribution in [3.63, 3.8) is 0 Å². The first-order valence-electron chi connectivity index (χ1n) is 8.42. The number of para-hydroxylation sites is 1. The Morgan fingerprint density at radius 2 is 1.92 bits per heavy atom. The minimum absolute atomic E-state index is 0.0160. The van der Waals surface area contributed by atoms with E-state index in [1.54, 1.807) is 24.3 Å². The summed E-state index contributed by atoms with van der Waals surface area (Å²) in [5.41, 5.74) is 6.58. The number of aromatic nitrogens is 1. The number of nitrogen functional groups attached to an aromatic ring is 1. The van der Waals surface area contributed by atoms with Crippen LogP contribution in [0.3, 0.4) is 0 Å². The highest BCUT2D eigenvalue weighted by molar-refractivity contribution is 6.34. The Morgan fingerprint density at radius 3 is 2.77 bits per heavy atom. The van der Waals surface area contributed by atoms with Crippen molar-refractivity contribution in [3.05, 3.63) is 58.6 Å². The zero-order valence-corrected chi connectivity index (χ0v) is 15.9. The molecule has 2 aromatic carbocycles. The fourth-order valence-electron chi connectivity index (χ4n) is 2.65. The van der Waals surface area contributed by atoms with Crippen molar-refractivity contribution < 1.29 is 9.47 Å². The van der Waals surface area contributed by atoms with Crippen LogP contribution in [0.5, 0.6) is 11.5 Å². The number of hydrogen-bond acceptors (Lipinski definition) is 4. The van der Waals surface area contributed by atoms with Gasteiger partial charge in [0.05, 0.1) is 17.7 Å². The maximum Gasteiger partial charge on any atom is 0.146 e. The number of nitrogens with two attached hydrogens (primary N) is 1. The molecular weight excluding hydrogens is 371 g/mol. The molecule has 26 heavy (non-hydrogen) atoms. The van der Waals surface area contributed by atoms with E-state index in [0.29, 0.717) is 28.2 Å². The molecule has 136 valence electrons. The van der Waals surface area contributed by atoms with Crippen LogP contribution >= 0.6 is 23.2 Å². The first kappa shape index (κ1) is 18.6. The second-order valence-corrected chi connectivity index (χ2v) is 6.90. The topological polar surface area (TPSA) is 57.4 Å². The van der Waals surface area contributed by atoms with Gasteiger partial charge in [-0.1, -0.05) is 35.3 Å². The molecule has 0 radical (unpaired) electrons. The SMILES string of the molecule is CC(CCCOc1cc(Cl)ccc1Cl)Oc1cccc2ccc(N)nc12. The van der Waals surface area contributed by atoms with Gasteiger partial charge in [0.25, 0.3) is 0 Å². The molecule has 0 aliphatic rings. The van der Waals surface area contributed by atoms with Gasteiger partial charge >= 0.3 is 0 Å². The van der Waals surface area contributed by atoms with Crippen LogP contribution in [0.1, 0.15) is 19.8 Å². The number of rotatable bonds is 7. The van der Waals surface area contributed by atoms with Gasteiger partial charge in [-0.3, -0.25) is 0 Å². The van der Waals surface area contributed by atoms with E-state index < -0.39 is 0 Å². The quantitative estimate of drug-likeness (QED) is 0.521. The second-order valence-electron chi connectivity index (χ2n) is 6.06. The molecule has 3 rings (SSSR count). The highest BCUT2D eigenvalue weighted by Crippen LogP contribution is 2.28. The van der Waals surface area contributed by atoms with E-state index in [2.05, 4.69) is 4.98 Å². The summed E-state index contributed by atoms with van der Waals surface area (Å²) in [7, 11) is 0. The highest BCUT2D eigenvalue weighted by atomic mass is 35.5. The number of benzene rings is 2. The summed E-state index contributed by atoms with van der Waals surface area (Å²) in [5, 5.41) is 2.16. The fourth-order valence-corrected chi connectivity index (χ4v) is 2.98. The Hall–Kier alpha value is -2.17. The molecule has 0 bridgehead atoms. The number of fused-ring (bicyclic) bond motifs is 1. The zero-order chi connectivity index (χ0) is 18.5. The zero-order valence-electron chi connectivity index (χ0n) is 14.4. The van der Waals surface area contributed by atoms with Crippen LogP contribution in [-0.4, -0.2) is 17.7 Å². The van der Waals surface area contributed by atoms with Crippen molar-refractivity contribution in [2.24, 2.45) is 0 Å². The van der Waals surface area contributed by atoms with E-state index in [1.807, 2.05) is 31.2 Å². The minimum Gasteiger partial charge on any atom is -0.492 e. The molecule has 2 N–H and O–H groups in total. The van der Waals surface area contributed by atoms with Crippen molar-refractivity contribution in [2.75, 3.05) is 12.3 Å². The molecule has 0 saturated heterocycles. The molecule has 0 amide bonds. The standard InChI is InChI=1S/C20H20Cl2N2O2/c1-13(4-3-11-25-18-12-15(21)8-9-16(18)22)26-17-6-2-5-14-7-10-19(23)24-20(14)17/h2,5-10,12-13H,3-4,11H2,1H3,(H2,23,24). The lowest BCUT2D eigenvalue weighted by Gasteiger charge is -2.16. The Labute approximate surface area is 162 Å². The minimum atomic E-state index is 0.0160. The van der Waals surface area contributed by atoms with Gasteiger partial charge in [-0.2, -0.15) is 0 Å². The second kappa shape index (κ2) is 8.47. The van der Waals surface area contributed by atoms with Crippen LogP contribution in [-0.2, 0) is 0 Å². The van der Waals surface area contributed by atoms with Crippen LogP contribution < -0.4 is 15.2 Å². The van der Waals surface area contributed by atoms with Crippen molar-refractivity contribution >= 4 is 39.9 Å². The monoisotopic (exact) mass is 390 g/mol. The molecule has 1 heterocycles. The van der Waals surface area contributed by atoms with Gasteiger partial charge in [0.15, 0.2) is 0 Å². The van der Waals surface area contributed by atoms with Crippen LogP contribution in [0.2, 0.25) is 10.0 Å². The molecular formula is C20H20Cl2N2O2. The molecule has 0 aliphatic heterocycles. The van der Waals surface area contributed by atoms with E-state index in [0.717, 1.165) is 29.5 Å². The van der Waals surface area contributed by atoms with E-state index in [1.165, 1.54) is 0 Å². The Balaban J connectivity index is 1.54. The third-order valence-corrected chi connectivity index (χ3v) is 4.49. The summed E-state index contributed by atoms with van der Waals surface area (Å²) in [6.45, 7) is 2.56. The van der Waals surface area contributed by atoms with Gasteiger partial charge in [-0.25, -0.2) is 4.98 Å². The lowest BCUT2D eigenvalue weighted by Crippen LogP contribution is -2.13. The first-order valence-corrected chi connectivity index (χ1v) is 9.18. The van der Waals surface area contributed by atoms with Crippen LogP contribution in [0.4, 0.5) is 5.82 Å². The van der Waals surface area contributed by atoms with Gasteiger partial charge in [0.1, 0.15) is 22.8 Å². The maximum absolute atomic E-state index is 6.09. The number of anilines is 1. The Kier molecular flexibility index (Phi) is 6.07. The molecule has 0 spiro atoms. The smallest absolute Gasteiger partial charge is 0.146 e. The highest BCUT2D eigenvalue weighted by Gasteiger charge is 2.09. The fraction of sp³-hybridized carbons (Fsp3) is 0.250. The Bertz CT molecular complexity index is 902. The average molecular weight is 391 g/mol. The van der Waals surface area contributed by atoms with Crippen LogP contribution in [0.25, 0.3) is 10.9 Å².